The van der Waals surface area contributed by atoms with E-state index in [1.807, 2.05) is 52.8 Å². The Morgan fingerprint density at radius 2 is 1.85 bits per heavy atom. The van der Waals surface area contributed by atoms with E-state index in [9.17, 15) is 14.4 Å². The van der Waals surface area contributed by atoms with Crippen molar-refractivity contribution in [2.45, 2.75) is 97.1 Å². The standard InChI is InChI=1S/C29H40BBrN2O7/c1-8-23(33-18-19-9-10-21(31)17-22(19)24(33)34)25(35)37-16-13-27(2,3)38-26(36)32-14-11-20(12-15-32)30-39-28(4,5)29(6,7)40-30/h9-11,17,23H,8,12-16,18H2,1-7H3. The van der Waals surface area contributed by atoms with Gasteiger partial charge in [-0.1, -0.05) is 35.0 Å². The summed E-state index contributed by atoms with van der Waals surface area (Å²) < 4.78 is 24.4. The van der Waals surface area contributed by atoms with Gasteiger partial charge >= 0.3 is 19.2 Å². The van der Waals surface area contributed by atoms with Crippen molar-refractivity contribution in [3.63, 3.8) is 0 Å². The Bertz CT molecular complexity index is 1180. The lowest BCUT2D eigenvalue weighted by Crippen LogP contribution is -2.43. The third kappa shape index (κ3) is 6.41. The number of carbonyl (C=O) groups is 3. The molecule has 0 saturated carbocycles. The maximum absolute atomic E-state index is 12.9. The molecule has 3 aliphatic rings. The monoisotopic (exact) mass is 618 g/mol. The summed E-state index contributed by atoms with van der Waals surface area (Å²) in [7, 11) is -0.409. The van der Waals surface area contributed by atoms with Crippen molar-refractivity contribution in [1.29, 1.82) is 0 Å². The summed E-state index contributed by atoms with van der Waals surface area (Å²) in [5.41, 5.74) is 0.858. The van der Waals surface area contributed by atoms with Crippen molar-refractivity contribution in [1.82, 2.24) is 9.80 Å². The van der Waals surface area contributed by atoms with Crippen molar-refractivity contribution >= 4 is 41.0 Å². The summed E-state index contributed by atoms with van der Waals surface area (Å²) in [5, 5.41) is 0. The van der Waals surface area contributed by atoms with Gasteiger partial charge in [-0.25, -0.2) is 9.59 Å². The van der Waals surface area contributed by atoms with Crippen LogP contribution in [0.4, 0.5) is 4.79 Å². The van der Waals surface area contributed by atoms with E-state index in [4.69, 9.17) is 18.8 Å². The van der Waals surface area contributed by atoms with Crippen molar-refractivity contribution in [2.75, 3.05) is 19.7 Å². The second kappa shape index (κ2) is 11.5. The van der Waals surface area contributed by atoms with E-state index >= 15 is 0 Å². The topological polar surface area (TPSA) is 94.6 Å². The number of hydrogen-bond donors (Lipinski definition) is 0. The molecular weight excluding hydrogens is 579 g/mol. The van der Waals surface area contributed by atoms with Gasteiger partial charge in [0, 0.05) is 36.1 Å². The molecule has 4 rings (SSSR count). The smallest absolute Gasteiger partial charge is 0.464 e. The van der Waals surface area contributed by atoms with Gasteiger partial charge in [-0.3, -0.25) is 4.79 Å². The van der Waals surface area contributed by atoms with Crippen LogP contribution in [0.3, 0.4) is 0 Å². The molecule has 3 heterocycles. The third-order valence-electron chi connectivity index (χ3n) is 8.31. The minimum atomic E-state index is -0.846. The summed E-state index contributed by atoms with van der Waals surface area (Å²) in [4.78, 5) is 42.0. The molecule has 3 aliphatic heterocycles. The lowest BCUT2D eigenvalue weighted by Gasteiger charge is -2.32. The Hall–Kier alpha value is -2.37. The van der Waals surface area contributed by atoms with Crippen LogP contribution in [-0.4, -0.2) is 77.4 Å². The lowest BCUT2D eigenvalue weighted by atomic mass is 9.75. The summed E-state index contributed by atoms with van der Waals surface area (Å²) >= 11 is 3.40. The molecule has 0 aromatic heterocycles. The zero-order valence-corrected chi connectivity index (χ0v) is 26.1. The predicted octanol–water partition coefficient (Wildman–Crippen LogP) is 5.30. The third-order valence-corrected chi connectivity index (χ3v) is 8.80. The van der Waals surface area contributed by atoms with Crippen molar-refractivity contribution in [3.05, 3.63) is 45.3 Å². The normalized spacial score (nSPS) is 20.8. The van der Waals surface area contributed by atoms with Gasteiger partial charge < -0.3 is 28.6 Å². The molecule has 1 saturated heterocycles. The minimum Gasteiger partial charge on any atom is -0.464 e. The molecule has 218 valence electrons. The van der Waals surface area contributed by atoms with Crippen LogP contribution in [0.2, 0.25) is 0 Å². The Balaban J connectivity index is 1.24. The fourth-order valence-electron chi connectivity index (χ4n) is 4.97. The number of amides is 2. The summed E-state index contributed by atoms with van der Waals surface area (Å²) in [6.07, 6.45) is 2.96. The van der Waals surface area contributed by atoms with Gasteiger partial charge in [-0.2, -0.15) is 0 Å². The predicted molar refractivity (Wildman–Crippen MR) is 155 cm³/mol. The largest absolute Gasteiger partial charge is 0.490 e. The number of nitrogens with zero attached hydrogens (tertiary/aromatic N) is 2. The number of rotatable bonds is 8. The van der Waals surface area contributed by atoms with Gasteiger partial charge in [-0.05, 0) is 77.6 Å². The molecule has 1 atom stereocenters. The Morgan fingerprint density at radius 1 is 1.18 bits per heavy atom. The summed E-state index contributed by atoms with van der Waals surface area (Å²) in [5.74, 6) is -0.632. The van der Waals surface area contributed by atoms with Crippen molar-refractivity contribution in [3.8, 4) is 0 Å². The molecule has 1 unspecified atom stereocenters. The molecular formula is C29H40BBrN2O7. The van der Waals surface area contributed by atoms with Crippen LogP contribution in [0.15, 0.2) is 34.2 Å². The van der Waals surface area contributed by atoms with Crippen LogP contribution in [0.1, 0.15) is 83.7 Å². The average Bonchev–Trinajstić information content (AvgIpc) is 3.30. The van der Waals surface area contributed by atoms with Gasteiger partial charge in [-0.15, -0.1) is 0 Å². The Labute approximate surface area is 245 Å². The number of esters is 1. The molecule has 11 heteroatoms. The summed E-state index contributed by atoms with van der Waals surface area (Å²) in [6, 6.07) is 4.88. The molecule has 9 nitrogen and oxygen atoms in total. The van der Waals surface area contributed by atoms with Gasteiger partial charge in [0.15, 0.2) is 0 Å². The summed E-state index contributed by atoms with van der Waals surface area (Å²) in [6.45, 7) is 14.9. The number of hydrogen-bond acceptors (Lipinski definition) is 7. The van der Waals surface area contributed by atoms with Crippen LogP contribution >= 0.6 is 15.9 Å². The SMILES string of the molecule is CCC(C(=O)OCCC(C)(C)OC(=O)N1CC=C(B2OC(C)(C)C(C)(C)O2)CC1)N1Cc2ccc(Br)cc2C1=O. The highest BCUT2D eigenvalue weighted by atomic mass is 79.9. The molecule has 0 aliphatic carbocycles. The first-order valence-electron chi connectivity index (χ1n) is 13.9. The van der Waals surface area contributed by atoms with Crippen LogP contribution in [0.5, 0.6) is 0 Å². The van der Waals surface area contributed by atoms with E-state index in [0.29, 0.717) is 44.5 Å². The maximum Gasteiger partial charge on any atom is 0.490 e. The quantitative estimate of drug-likeness (QED) is 0.288. The van der Waals surface area contributed by atoms with Gasteiger partial charge in [0.25, 0.3) is 5.91 Å². The van der Waals surface area contributed by atoms with E-state index < -0.39 is 42.0 Å². The zero-order chi connectivity index (χ0) is 29.5. The van der Waals surface area contributed by atoms with Crippen LogP contribution < -0.4 is 0 Å². The number of halogens is 1. The van der Waals surface area contributed by atoms with Gasteiger partial charge in [0.1, 0.15) is 11.6 Å². The average molecular weight is 619 g/mol. The van der Waals surface area contributed by atoms with E-state index in [0.717, 1.165) is 15.5 Å². The fraction of sp³-hybridized carbons (Fsp3) is 0.621. The minimum absolute atomic E-state index is 0.0715. The van der Waals surface area contributed by atoms with Crippen molar-refractivity contribution in [2.24, 2.45) is 0 Å². The highest BCUT2D eigenvalue weighted by Crippen LogP contribution is 2.39. The fourth-order valence-corrected chi connectivity index (χ4v) is 5.33. The van der Waals surface area contributed by atoms with Gasteiger partial charge in [0.05, 0.1) is 17.8 Å². The van der Waals surface area contributed by atoms with E-state index in [1.54, 1.807) is 29.7 Å². The number of benzene rings is 1. The highest BCUT2D eigenvalue weighted by molar-refractivity contribution is 9.10. The molecule has 40 heavy (non-hydrogen) atoms. The second-order valence-electron chi connectivity index (χ2n) is 12.3. The number of fused-ring (bicyclic) bond motifs is 1. The van der Waals surface area contributed by atoms with Crippen LogP contribution in [-0.2, 0) is 30.1 Å². The number of carbonyl (C=O) groups excluding carboxylic acids is 3. The van der Waals surface area contributed by atoms with Crippen molar-refractivity contribution < 1.29 is 33.2 Å². The highest BCUT2D eigenvalue weighted by Gasteiger charge is 2.52. The molecule has 1 fully saturated rings. The van der Waals surface area contributed by atoms with Crippen LogP contribution in [0, 0.1) is 0 Å². The Kier molecular flexibility index (Phi) is 8.79. The molecule has 1 aromatic carbocycles. The molecule has 0 spiro atoms. The van der Waals surface area contributed by atoms with E-state index in [2.05, 4.69) is 15.9 Å². The van der Waals surface area contributed by atoms with E-state index in [-0.39, 0.29) is 12.5 Å². The van der Waals surface area contributed by atoms with Crippen LogP contribution in [0.25, 0.3) is 0 Å². The lowest BCUT2D eigenvalue weighted by molar-refractivity contribution is -0.150. The van der Waals surface area contributed by atoms with Gasteiger partial charge in [0.2, 0.25) is 0 Å². The second-order valence-corrected chi connectivity index (χ2v) is 13.2. The Morgan fingerprint density at radius 3 is 2.45 bits per heavy atom. The first-order chi connectivity index (χ1) is 18.6. The maximum atomic E-state index is 12.9. The molecule has 0 bridgehead atoms. The first kappa shape index (κ1) is 30.6. The first-order valence-corrected chi connectivity index (χ1v) is 14.7. The number of ether oxygens (including phenoxy) is 2. The molecule has 0 radical (unpaired) electrons. The molecule has 0 N–H and O–H groups in total. The molecule has 1 aromatic rings. The van der Waals surface area contributed by atoms with E-state index in [1.165, 1.54) is 0 Å². The molecule has 2 amide bonds. The zero-order valence-electron chi connectivity index (χ0n) is 24.5.